The van der Waals surface area contributed by atoms with E-state index in [4.69, 9.17) is 10.5 Å². The molecule has 0 aromatic heterocycles. The van der Waals surface area contributed by atoms with Crippen LogP contribution in [-0.4, -0.2) is 50.2 Å². The molecule has 1 aliphatic heterocycles. The third-order valence-electron chi connectivity index (χ3n) is 3.99. The van der Waals surface area contributed by atoms with E-state index in [-0.39, 0.29) is 11.9 Å². The van der Waals surface area contributed by atoms with Crippen LogP contribution in [0.4, 0.5) is 5.69 Å². The summed E-state index contributed by atoms with van der Waals surface area (Å²) >= 11 is 0. The fourth-order valence-electron chi connectivity index (χ4n) is 2.64. The quantitative estimate of drug-likeness (QED) is 0.867. The molecule has 1 amide bonds. The van der Waals surface area contributed by atoms with Gasteiger partial charge in [-0.2, -0.15) is 0 Å². The molecule has 0 saturated carbocycles. The van der Waals surface area contributed by atoms with Crippen LogP contribution >= 0.6 is 0 Å². The van der Waals surface area contributed by atoms with Crippen molar-refractivity contribution in [2.75, 3.05) is 38.3 Å². The number of nitrogens with zero attached hydrogens (tertiary/aromatic N) is 2. The minimum atomic E-state index is 0.0676. The zero-order valence-corrected chi connectivity index (χ0v) is 13.6. The van der Waals surface area contributed by atoms with Crippen LogP contribution in [0.5, 0.6) is 0 Å². The van der Waals surface area contributed by atoms with Crippen molar-refractivity contribution in [2.45, 2.75) is 32.4 Å². The summed E-state index contributed by atoms with van der Waals surface area (Å²) in [6.07, 6.45) is 1.24. The number of carbonyl (C=O) groups is 1. The van der Waals surface area contributed by atoms with E-state index in [1.807, 2.05) is 26.1 Å². The van der Waals surface area contributed by atoms with E-state index in [9.17, 15) is 4.79 Å². The third-order valence-corrected chi connectivity index (χ3v) is 3.99. The van der Waals surface area contributed by atoms with Crippen molar-refractivity contribution >= 4 is 11.6 Å². The van der Waals surface area contributed by atoms with E-state index in [1.54, 1.807) is 4.90 Å². The molecule has 0 spiro atoms. The van der Waals surface area contributed by atoms with Crippen molar-refractivity contribution in [3.05, 3.63) is 29.8 Å². The van der Waals surface area contributed by atoms with Gasteiger partial charge in [0.2, 0.25) is 5.91 Å². The molecule has 1 aliphatic rings. The van der Waals surface area contributed by atoms with Crippen molar-refractivity contribution in [2.24, 2.45) is 5.73 Å². The minimum Gasteiger partial charge on any atom is -0.378 e. The Balaban J connectivity index is 2.01. The first-order chi connectivity index (χ1) is 10.6. The molecule has 1 aromatic carbocycles. The van der Waals surface area contributed by atoms with Gasteiger partial charge in [-0.25, -0.2) is 0 Å². The number of rotatable bonds is 6. The molecule has 2 N–H and O–H groups in total. The lowest BCUT2D eigenvalue weighted by atomic mass is 10.1. The summed E-state index contributed by atoms with van der Waals surface area (Å²) in [6.45, 7) is 5.89. The highest BCUT2D eigenvalue weighted by Crippen LogP contribution is 2.22. The fraction of sp³-hybridized carbons (Fsp3) is 0.588. The third kappa shape index (κ3) is 4.71. The molecule has 22 heavy (non-hydrogen) atoms. The van der Waals surface area contributed by atoms with E-state index in [2.05, 4.69) is 17.0 Å². The van der Waals surface area contributed by atoms with E-state index >= 15 is 0 Å². The molecule has 0 bridgehead atoms. The predicted octanol–water partition coefficient (Wildman–Crippen LogP) is 1.61. The van der Waals surface area contributed by atoms with E-state index in [0.717, 1.165) is 32.7 Å². The van der Waals surface area contributed by atoms with Gasteiger partial charge in [-0.15, -0.1) is 0 Å². The summed E-state index contributed by atoms with van der Waals surface area (Å²) in [7, 11) is 1.86. The first-order valence-corrected chi connectivity index (χ1v) is 7.98. The van der Waals surface area contributed by atoms with Gasteiger partial charge in [0.1, 0.15) is 0 Å². The van der Waals surface area contributed by atoms with E-state index in [1.165, 1.54) is 11.3 Å². The number of benzene rings is 1. The maximum absolute atomic E-state index is 12.2. The summed E-state index contributed by atoms with van der Waals surface area (Å²) in [6, 6.07) is 8.37. The minimum absolute atomic E-state index is 0.0676. The molecule has 5 nitrogen and oxygen atoms in total. The van der Waals surface area contributed by atoms with E-state index in [0.29, 0.717) is 13.0 Å². The maximum Gasteiger partial charge on any atom is 0.222 e. The van der Waals surface area contributed by atoms with Gasteiger partial charge in [-0.1, -0.05) is 18.2 Å². The van der Waals surface area contributed by atoms with Crippen LogP contribution in [0.15, 0.2) is 24.3 Å². The van der Waals surface area contributed by atoms with Crippen molar-refractivity contribution in [1.82, 2.24) is 4.90 Å². The van der Waals surface area contributed by atoms with Gasteiger partial charge in [0.25, 0.3) is 0 Å². The number of carbonyl (C=O) groups excluding carboxylic acids is 1. The number of anilines is 1. The zero-order valence-electron chi connectivity index (χ0n) is 13.6. The van der Waals surface area contributed by atoms with Crippen LogP contribution in [0.25, 0.3) is 0 Å². The normalized spacial score (nSPS) is 16.4. The Kier molecular flexibility index (Phi) is 6.21. The average Bonchev–Trinajstić information content (AvgIpc) is 2.53. The Morgan fingerprint density at radius 3 is 2.73 bits per heavy atom. The van der Waals surface area contributed by atoms with Crippen LogP contribution in [0.2, 0.25) is 0 Å². The molecule has 1 fully saturated rings. The van der Waals surface area contributed by atoms with Gasteiger partial charge in [-0.05, 0) is 25.0 Å². The Labute approximate surface area is 133 Å². The SMILES string of the molecule is CC(N)CCC(=O)N(C)Cc1ccccc1N1CCOCC1. The first-order valence-electron chi connectivity index (χ1n) is 7.98. The van der Waals surface area contributed by atoms with Crippen LogP contribution in [0.1, 0.15) is 25.3 Å². The summed E-state index contributed by atoms with van der Waals surface area (Å²) in [5.41, 5.74) is 8.11. The molecule has 1 aromatic rings. The smallest absolute Gasteiger partial charge is 0.222 e. The molecular formula is C17H27N3O2. The van der Waals surface area contributed by atoms with Gasteiger partial charge in [0, 0.05) is 44.8 Å². The number of hydrogen-bond acceptors (Lipinski definition) is 4. The lowest BCUT2D eigenvalue weighted by Gasteiger charge is -2.31. The monoisotopic (exact) mass is 305 g/mol. The Hall–Kier alpha value is -1.59. The summed E-state index contributed by atoms with van der Waals surface area (Å²) < 4.78 is 5.42. The number of amides is 1. The second-order valence-electron chi connectivity index (χ2n) is 5.99. The molecule has 0 radical (unpaired) electrons. The van der Waals surface area contributed by atoms with E-state index < -0.39 is 0 Å². The fourth-order valence-corrected chi connectivity index (χ4v) is 2.64. The zero-order chi connectivity index (χ0) is 15.9. The number of ether oxygens (including phenoxy) is 1. The Bertz CT molecular complexity index is 485. The van der Waals surface area contributed by atoms with Crippen LogP contribution < -0.4 is 10.6 Å². The number of morpholine rings is 1. The largest absolute Gasteiger partial charge is 0.378 e. The highest BCUT2D eigenvalue weighted by atomic mass is 16.5. The van der Waals surface area contributed by atoms with Crippen molar-refractivity contribution in [1.29, 1.82) is 0 Å². The summed E-state index contributed by atoms with van der Waals surface area (Å²) in [4.78, 5) is 16.3. The van der Waals surface area contributed by atoms with Gasteiger partial charge < -0.3 is 20.3 Å². The Morgan fingerprint density at radius 2 is 2.05 bits per heavy atom. The molecule has 0 aliphatic carbocycles. The first kappa shape index (κ1) is 16.8. The van der Waals surface area contributed by atoms with Crippen LogP contribution in [0.3, 0.4) is 0 Å². The van der Waals surface area contributed by atoms with Crippen molar-refractivity contribution in [3.63, 3.8) is 0 Å². The molecular weight excluding hydrogens is 278 g/mol. The van der Waals surface area contributed by atoms with Crippen molar-refractivity contribution in [3.8, 4) is 0 Å². The summed E-state index contributed by atoms with van der Waals surface area (Å²) in [5, 5.41) is 0. The topological polar surface area (TPSA) is 58.8 Å². The Morgan fingerprint density at radius 1 is 1.36 bits per heavy atom. The molecule has 5 heteroatoms. The van der Waals surface area contributed by atoms with Crippen molar-refractivity contribution < 1.29 is 9.53 Å². The van der Waals surface area contributed by atoms with Gasteiger partial charge in [0.05, 0.1) is 13.2 Å². The second kappa shape index (κ2) is 8.15. The standard InChI is InChI=1S/C17H27N3O2/c1-14(18)7-8-17(21)19(2)13-15-5-3-4-6-16(15)20-9-11-22-12-10-20/h3-6,14H,7-13,18H2,1-2H3. The maximum atomic E-state index is 12.2. The van der Waals surface area contributed by atoms with Crippen LogP contribution in [0, 0.1) is 0 Å². The van der Waals surface area contributed by atoms with Gasteiger partial charge in [0.15, 0.2) is 0 Å². The van der Waals surface area contributed by atoms with Gasteiger partial charge in [-0.3, -0.25) is 4.79 Å². The number of hydrogen-bond donors (Lipinski definition) is 1. The summed E-state index contributed by atoms with van der Waals surface area (Å²) in [5.74, 6) is 0.147. The lowest BCUT2D eigenvalue weighted by molar-refractivity contribution is -0.130. The molecule has 1 heterocycles. The molecule has 2 rings (SSSR count). The highest BCUT2D eigenvalue weighted by Gasteiger charge is 2.17. The molecule has 1 unspecified atom stereocenters. The predicted molar refractivity (Wildman–Crippen MR) is 88.8 cm³/mol. The van der Waals surface area contributed by atoms with Gasteiger partial charge >= 0.3 is 0 Å². The highest BCUT2D eigenvalue weighted by molar-refractivity contribution is 5.76. The van der Waals surface area contributed by atoms with Crippen LogP contribution in [-0.2, 0) is 16.1 Å². The molecule has 1 saturated heterocycles. The number of para-hydroxylation sites is 1. The number of nitrogens with two attached hydrogens (primary N) is 1. The lowest BCUT2D eigenvalue weighted by Crippen LogP contribution is -2.37. The molecule has 122 valence electrons. The average molecular weight is 305 g/mol. The molecule has 1 atom stereocenters. The second-order valence-corrected chi connectivity index (χ2v) is 5.99.